The van der Waals surface area contributed by atoms with E-state index in [9.17, 15) is 14.4 Å². The Morgan fingerprint density at radius 2 is 1.32 bits per heavy atom. The first-order valence-corrected chi connectivity index (χ1v) is 8.82. The van der Waals surface area contributed by atoms with E-state index in [1.807, 2.05) is 0 Å². The molecule has 0 fully saturated rings. The van der Waals surface area contributed by atoms with Crippen molar-refractivity contribution in [2.75, 3.05) is 15.5 Å². The largest absolute Gasteiger partial charge is 0.323 e. The van der Waals surface area contributed by atoms with Crippen LogP contribution in [0.15, 0.2) is 72.8 Å². The van der Waals surface area contributed by atoms with Crippen LogP contribution in [0.25, 0.3) is 0 Å². The van der Waals surface area contributed by atoms with Crippen molar-refractivity contribution >= 4 is 46.5 Å². The molecule has 3 aromatic rings. The van der Waals surface area contributed by atoms with Crippen molar-refractivity contribution < 1.29 is 14.4 Å². The Morgan fingerprint density at radius 1 is 0.750 bits per heavy atom. The van der Waals surface area contributed by atoms with Gasteiger partial charge < -0.3 is 10.6 Å². The number of carbonyl (C=O) groups is 3. The van der Waals surface area contributed by atoms with Crippen LogP contribution >= 0.6 is 11.6 Å². The Bertz CT molecular complexity index is 1080. The third-order valence-electron chi connectivity index (χ3n) is 4.24. The lowest BCUT2D eigenvalue weighted by Crippen LogP contribution is -2.29. The molecule has 1 heterocycles. The molecule has 6 nitrogen and oxygen atoms in total. The average molecular weight is 392 g/mol. The summed E-state index contributed by atoms with van der Waals surface area (Å²) in [5.74, 6) is -0.776. The molecule has 7 heteroatoms. The highest BCUT2D eigenvalue weighted by Gasteiger charge is 2.36. The van der Waals surface area contributed by atoms with E-state index in [0.717, 1.165) is 4.90 Å². The number of hydrogen-bond acceptors (Lipinski definition) is 3. The number of fused-ring (bicyclic) bond motifs is 1. The minimum atomic E-state index is -0.471. The number of halogens is 1. The van der Waals surface area contributed by atoms with Crippen molar-refractivity contribution in [3.63, 3.8) is 0 Å². The molecule has 28 heavy (non-hydrogen) atoms. The number of anilines is 3. The van der Waals surface area contributed by atoms with Crippen LogP contribution in [0, 0.1) is 0 Å². The average Bonchev–Trinajstić information content (AvgIpc) is 2.93. The summed E-state index contributed by atoms with van der Waals surface area (Å²) in [5, 5.41) is 5.86. The maximum Gasteiger partial charge on any atom is 0.323 e. The molecule has 0 spiro atoms. The highest BCUT2D eigenvalue weighted by molar-refractivity contribution is 6.34. The minimum Gasteiger partial charge on any atom is -0.308 e. The molecule has 0 aliphatic carbocycles. The molecule has 2 N–H and O–H groups in total. The molecule has 138 valence electrons. The van der Waals surface area contributed by atoms with Crippen LogP contribution in [0.3, 0.4) is 0 Å². The number of urea groups is 1. The van der Waals surface area contributed by atoms with Gasteiger partial charge in [0.05, 0.1) is 16.8 Å². The first-order chi connectivity index (χ1) is 13.5. The summed E-state index contributed by atoms with van der Waals surface area (Å²) >= 11 is 5.91. The molecule has 4 amide bonds. The molecule has 0 unspecified atom stereocenters. The fraction of sp³-hybridized carbons (Fsp3) is 0. The second-order valence-corrected chi connectivity index (χ2v) is 6.57. The lowest BCUT2D eigenvalue weighted by atomic mass is 10.1. The van der Waals surface area contributed by atoms with Gasteiger partial charge in [-0.2, -0.15) is 0 Å². The van der Waals surface area contributed by atoms with Crippen LogP contribution in [-0.4, -0.2) is 17.8 Å². The van der Waals surface area contributed by atoms with Crippen LogP contribution in [0.2, 0.25) is 5.02 Å². The topological polar surface area (TPSA) is 78.5 Å². The Hall–Kier alpha value is -3.64. The molecule has 0 radical (unpaired) electrons. The van der Waals surface area contributed by atoms with Gasteiger partial charge in [-0.15, -0.1) is 0 Å². The molecule has 0 saturated heterocycles. The predicted molar refractivity (Wildman–Crippen MR) is 108 cm³/mol. The second-order valence-electron chi connectivity index (χ2n) is 6.13. The highest BCUT2D eigenvalue weighted by Crippen LogP contribution is 2.29. The number of imide groups is 1. The van der Waals surface area contributed by atoms with Gasteiger partial charge in [0, 0.05) is 16.4 Å². The van der Waals surface area contributed by atoms with Gasteiger partial charge in [0.1, 0.15) is 0 Å². The molecule has 0 bridgehead atoms. The van der Waals surface area contributed by atoms with Crippen molar-refractivity contribution in [2.45, 2.75) is 0 Å². The second kappa shape index (κ2) is 7.17. The predicted octanol–water partition coefficient (Wildman–Crippen LogP) is 4.78. The summed E-state index contributed by atoms with van der Waals surface area (Å²) < 4.78 is 0. The summed E-state index contributed by atoms with van der Waals surface area (Å²) in [6.07, 6.45) is 0. The van der Waals surface area contributed by atoms with E-state index in [1.165, 1.54) is 0 Å². The van der Waals surface area contributed by atoms with Gasteiger partial charge in [-0.3, -0.25) is 9.59 Å². The fourth-order valence-corrected chi connectivity index (χ4v) is 3.20. The molecule has 1 aliphatic heterocycles. The van der Waals surface area contributed by atoms with Crippen molar-refractivity contribution in [3.8, 4) is 0 Å². The van der Waals surface area contributed by atoms with Crippen LogP contribution in [0.5, 0.6) is 0 Å². The van der Waals surface area contributed by atoms with Gasteiger partial charge in [-0.1, -0.05) is 35.9 Å². The SMILES string of the molecule is O=C(Nc1cccc(Cl)c1)Nc1cccc(N2C(=O)c3ccccc3C2=O)c1. The standard InChI is InChI=1S/C21H14ClN3O3/c22-13-5-3-6-14(11-13)23-21(28)24-15-7-4-8-16(12-15)25-19(26)17-9-1-2-10-18(17)20(25)27/h1-12H,(H2,23,24,28). The van der Waals surface area contributed by atoms with Crippen LogP contribution in [0.4, 0.5) is 21.9 Å². The van der Waals surface area contributed by atoms with Crippen molar-refractivity contribution in [3.05, 3.63) is 88.9 Å². The monoisotopic (exact) mass is 391 g/mol. The van der Waals surface area contributed by atoms with Gasteiger partial charge in [0.15, 0.2) is 0 Å². The molecule has 4 rings (SSSR count). The Labute approximate surface area is 165 Å². The van der Waals surface area contributed by atoms with Crippen LogP contribution in [-0.2, 0) is 0 Å². The number of carbonyl (C=O) groups excluding carboxylic acids is 3. The van der Waals surface area contributed by atoms with E-state index in [-0.39, 0.29) is 11.8 Å². The number of amides is 4. The van der Waals surface area contributed by atoms with Gasteiger partial charge in [-0.25, -0.2) is 9.69 Å². The Balaban J connectivity index is 1.53. The van der Waals surface area contributed by atoms with E-state index in [4.69, 9.17) is 11.6 Å². The van der Waals surface area contributed by atoms with Gasteiger partial charge in [0.2, 0.25) is 0 Å². The normalized spacial score (nSPS) is 12.7. The van der Waals surface area contributed by atoms with Crippen molar-refractivity contribution in [2.24, 2.45) is 0 Å². The zero-order chi connectivity index (χ0) is 19.7. The lowest BCUT2D eigenvalue weighted by Gasteiger charge is -2.15. The summed E-state index contributed by atoms with van der Waals surface area (Å²) in [5.41, 5.74) is 2.09. The number of nitrogens with zero attached hydrogens (tertiary/aromatic N) is 1. The molecular weight excluding hydrogens is 378 g/mol. The number of hydrogen-bond donors (Lipinski definition) is 2. The number of benzene rings is 3. The summed E-state index contributed by atoms with van der Waals surface area (Å²) in [4.78, 5) is 38.5. The van der Waals surface area contributed by atoms with Crippen molar-refractivity contribution in [1.29, 1.82) is 0 Å². The number of rotatable bonds is 3. The van der Waals surface area contributed by atoms with E-state index < -0.39 is 6.03 Å². The minimum absolute atomic E-state index is 0.365. The van der Waals surface area contributed by atoms with Gasteiger partial charge in [0.25, 0.3) is 11.8 Å². The molecule has 0 saturated carbocycles. The first-order valence-electron chi connectivity index (χ1n) is 8.44. The fourth-order valence-electron chi connectivity index (χ4n) is 3.01. The third kappa shape index (κ3) is 3.33. The first kappa shape index (κ1) is 17.8. The molecule has 1 aliphatic rings. The smallest absolute Gasteiger partial charge is 0.308 e. The van der Waals surface area contributed by atoms with Crippen LogP contribution < -0.4 is 15.5 Å². The van der Waals surface area contributed by atoms with Gasteiger partial charge in [-0.05, 0) is 48.5 Å². The molecule has 0 aromatic heterocycles. The maximum absolute atomic E-state index is 12.6. The van der Waals surface area contributed by atoms with Gasteiger partial charge >= 0.3 is 6.03 Å². The van der Waals surface area contributed by atoms with Crippen LogP contribution in [0.1, 0.15) is 20.7 Å². The Morgan fingerprint density at radius 3 is 1.93 bits per heavy atom. The maximum atomic E-state index is 12.6. The van der Waals surface area contributed by atoms with E-state index in [2.05, 4.69) is 10.6 Å². The summed E-state index contributed by atoms with van der Waals surface area (Å²) in [6.45, 7) is 0. The summed E-state index contributed by atoms with van der Waals surface area (Å²) in [6, 6.07) is 19.5. The van der Waals surface area contributed by atoms with E-state index >= 15 is 0 Å². The van der Waals surface area contributed by atoms with E-state index in [1.54, 1.807) is 72.8 Å². The highest BCUT2D eigenvalue weighted by atomic mass is 35.5. The Kier molecular flexibility index (Phi) is 4.55. The molecular formula is C21H14ClN3O3. The zero-order valence-electron chi connectivity index (χ0n) is 14.5. The molecule has 0 atom stereocenters. The quantitative estimate of drug-likeness (QED) is 0.630. The summed E-state index contributed by atoms with van der Waals surface area (Å²) in [7, 11) is 0. The van der Waals surface area contributed by atoms with Crippen molar-refractivity contribution in [1.82, 2.24) is 0 Å². The lowest BCUT2D eigenvalue weighted by molar-refractivity contribution is 0.0926. The third-order valence-corrected chi connectivity index (χ3v) is 4.47. The van der Waals surface area contributed by atoms with E-state index in [0.29, 0.717) is 33.2 Å². The number of nitrogens with one attached hydrogen (secondary N) is 2. The zero-order valence-corrected chi connectivity index (χ0v) is 15.2. The molecule has 3 aromatic carbocycles.